The maximum atomic E-state index is 14.6. The van der Waals surface area contributed by atoms with Crippen LogP contribution in [0.4, 0.5) is 10.5 Å². The van der Waals surface area contributed by atoms with Crippen molar-refractivity contribution in [3.8, 4) is 11.5 Å². The van der Waals surface area contributed by atoms with E-state index in [1.54, 1.807) is 37.2 Å². The van der Waals surface area contributed by atoms with Crippen molar-refractivity contribution in [1.29, 1.82) is 0 Å². The molecule has 4 aliphatic rings. The van der Waals surface area contributed by atoms with Crippen LogP contribution in [0, 0.1) is 0 Å². The Bertz CT molecular complexity index is 2460. The molecule has 4 aliphatic heterocycles. The quantitative estimate of drug-likeness (QED) is 0.0886. The summed E-state index contributed by atoms with van der Waals surface area (Å²) in [5.41, 5.74) is 3.89. The standard InChI is InChI=1S/C49H43N3O8S/c1-48(2,3)60-47(56)50-40-44(54)52-41(46(55)57-42(31-16-8-4-9-17-31)32-18-10-5-11-19-32)34(30-61-45(40)52)28-33-26-27-51(43(33)53)37-24-25-38-39(29-37)59-49(58-38,35-20-12-6-13-21-35)36-22-14-7-15-23-36/h4-25,28-30,40-42,45H,26-27H2,1-3H3,(H,50,56)/b33-28+/t40-,41-,45-/m1/s1. The Labute approximate surface area is 357 Å². The highest BCUT2D eigenvalue weighted by molar-refractivity contribution is 8.03. The number of amides is 3. The Hall–Kier alpha value is -6.79. The number of ether oxygens (including phenoxy) is 4. The molecule has 3 atom stereocenters. The first kappa shape index (κ1) is 39.7. The van der Waals surface area contributed by atoms with Gasteiger partial charge >= 0.3 is 17.8 Å². The number of carbonyl (C=O) groups excluding carboxylic acids is 4. The molecule has 308 valence electrons. The fourth-order valence-corrected chi connectivity index (χ4v) is 9.24. The van der Waals surface area contributed by atoms with Crippen LogP contribution in [0.2, 0.25) is 0 Å². The van der Waals surface area contributed by atoms with E-state index in [2.05, 4.69) is 5.32 Å². The number of esters is 1. The molecule has 4 heterocycles. The van der Waals surface area contributed by atoms with E-state index < -0.39 is 52.9 Å². The van der Waals surface area contributed by atoms with Gasteiger partial charge in [-0.3, -0.25) is 9.59 Å². The number of nitrogens with one attached hydrogen (secondary N) is 1. The Kier molecular flexibility index (Phi) is 10.4. The van der Waals surface area contributed by atoms with Gasteiger partial charge in [0, 0.05) is 35.0 Å². The minimum absolute atomic E-state index is 0.248. The van der Waals surface area contributed by atoms with E-state index in [1.807, 2.05) is 140 Å². The van der Waals surface area contributed by atoms with E-state index in [0.717, 1.165) is 22.3 Å². The number of fused-ring (bicyclic) bond motifs is 2. The molecule has 0 aromatic heterocycles. The Morgan fingerprint density at radius 1 is 0.803 bits per heavy atom. The second-order valence-corrected chi connectivity index (χ2v) is 17.1. The van der Waals surface area contributed by atoms with E-state index in [1.165, 1.54) is 16.7 Å². The van der Waals surface area contributed by atoms with Crippen molar-refractivity contribution in [2.75, 3.05) is 11.4 Å². The minimum Gasteiger partial charge on any atom is -0.451 e. The van der Waals surface area contributed by atoms with Crippen LogP contribution in [0.15, 0.2) is 162 Å². The molecule has 0 bridgehead atoms. The lowest BCUT2D eigenvalue weighted by Crippen LogP contribution is -2.74. The number of hydrogen-bond donors (Lipinski definition) is 1. The molecule has 0 aliphatic carbocycles. The van der Waals surface area contributed by atoms with Gasteiger partial charge in [-0.25, -0.2) is 9.59 Å². The van der Waals surface area contributed by atoms with Crippen molar-refractivity contribution in [1.82, 2.24) is 10.2 Å². The van der Waals surface area contributed by atoms with Crippen LogP contribution in [0.25, 0.3) is 0 Å². The van der Waals surface area contributed by atoms with Gasteiger partial charge in [-0.1, -0.05) is 121 Å². The maximum Gasteiger partial charge on any atom is 0.408 e. The van der Waals surface area contributed by atoms with Crippen molar-refractivity contribution in [3.05, 3.63) is 184 Å². The number of nitrogens with zero attached hydrogens (tertiary/aromatic N) is 2. The van der Waals surface area contributed by atoms with Crippen LogP contribution < -0.4 is 19.7 Å². The SMILES string of the molecule is CC(C)(C)OC(=O)N[C@@H]1C(=O)N2[C@@H](C(=O)OC(c3ccccc3)c3ccccc3)C(/C=C3\CCN(c4ccc5c(c4)OC(c4ccccc4)(c4ccccc4)O5)C3=O)=CS[C@H]12. The second kappa shape index (κ2) is 16.0. The van der Waals surface area contributed by atoms with Gasteiger partial charge in [-0.05, 0) is 67.5 Å². The van der Waals surface area contributed by atoms with Crippen LogP contribution in [0.3, 0.4) is 0 Å². The average Bonchev–Trinajstić information content (AvgIpc) is 3.85. The molecule has 0 radical (unpaired) electrons. The highest BCUT2D eigenvalue weighted by atomic mass is 32.2. The Balaban J connectivity index is 1.00. The van der Waals surface area contributed by atoms with Gasteiger partial charge in [-0.2, -0.15) is 0 Å². The zero-order valence-corrected chi connectivity index (χ0v) is 34.5. The van der Waals surface area contributed by atoms with Gasteiger partial charge in [0.15, 0.2) is 23.6 Å². The summed E-state index contributed by atoms with van der Waals surface area (Å²) in [7, 11) is 0. The molecule has 2 saturated heterocycles. The molecule has 0 saturated carbocycles. The molecule has 12 heteroatoms. The van der Waals surface area contributed by atoms with E-state index in [4.69, 9.17) is 18.9 Å². The lowest BCUT2D eigenvalue weighted by atomic mass is 9.95. The number of anilines is 1. The van der Waals surface area contributed by atoms with Crippen LogP contribution in [0.1, 0.15) is 55.5 Å². The largest absolute Gasteiger partial charge is 0.451 e. The summed E-state index contributed by atoms with van der Waals surface area (Å²) < 4.78 is 25.0. The molecule has 61 heavy (non-hydrogen) atoms. The normalized spacial score (nSPS) is 20.8. The van der Waals surface area contributed by atoms with Crippen molar-refractivity contribution in [2.45, 2.75) is 62.1 Å². The molecule has 5 aromatic rings. The van der Waals surface area contributed by atoms with Gasteiger partial charge < -0.3 is 34.1 Å². The van der Waals surface area contributed by atoms with Gasteiger partial charge in [0.25, 0.3) is 5.91 Å². The summed E-state index contributed by atoms with van der Waals surface area (Å²) >= 11 is 1.28. The summed E-state index contributed by atoms with van der Waals surface area (Å²) in [4.78, 5) is 58.7. The van der Waals surface area contributed by atoms with E-state index in [0.29, 0.717) is 41.3 Å². The summed E-state index contributed by atoms with van der Waals surface area (Å²) in [6.45, 7) is 5.59. The first-order chi connectivity index (χ1) is 29.5. The number of β-lactam (4-membered cyclic amide) rings is 1. The average molecular weight is 834 g/mol. The first-order valence-corrected chi connectivity index (χ1v) is 21.1. The van der Waals surface area contributed by atoms with Crippen molar-refractivity contribution < 1.29 is 38.1 Å². The number of benzene rings is 5. The van der Waals surface area contributed by atoms with Gasteiger partial charge in [0.05, 0.1) is 0 Å². The summed E-state index contributed by atoms with van der Waals surface area (Å²) in [6, 6.07) is 41.5. The monoisotopic (exact) mass is 833 g/mol. The molecule has 3 amide bonds. The Morgan fingerprint density at radius 2 is 1.38 bits per heavy atom. The molecular weight excluding hydrogens is 791 g/mol. The maximum absolute atomic E-state index is 14.6. The number of alkyl carbamates (subject to hydrolysis) is 1. The number of hydrogen-bond acceptors (Lipinski definition) is 9. The van der Waals surface area contributed by atoms with E-state index >= 15 is 0 Å². The third kappa shape index (κ3) is 7.63. The third-order valence-corrected chi connectivity index (χ3v) is 12.1. The van der Waals surface area contributed by atoms with Crippen molar-refractivity contribution >= 4 is 41.3 Å². The lowest BCUT2D eigenvalue weighted by molar-refractivity contribution is -0.164. The molecule has 0 unspecified atom stereocenters. The highest BCUT2D eigenvalue weighted by Crippen LogP contribution is 2.49. The topological polar surface area (TPSA) is 124 Å². The van der Waals surface area contributed by atoms with E-state index in [9.17, 15) is 19.2 Å². The third-order valence-electron chi connectivity index (χ3n) is 10.9. The molecule has 9 rings (SSSR count). The van der Waals surface area contributed by atoms with Crippen LogP contribution in [0.5, 0.6) is 11.5 Å². The molecular formula is C49H43N3O8S. The number of carbonyl (C=O) groups is 4. The fourth-order valence-electron chi connectivity index (χ4n) is 8.05. The molecule has 1 N–H and O–H groups in total. The second-order valence-electron chi connectivity index (χ2n) is 16.1. The molecule has 2 fully saturated rings. The zero-order valence-electron chi connectivity index (χ0n) is 33.7. The number of rotatable bonds is 9. The van der Waals surface area contributed by atoms with Gasteiger partial charge in [-0.15, -0.1) is 11.8 Å². The van der Waals surface area contributed by atoms with Crippen molar-refractivity contribution in [3.63, 3.8) is 0 Å². The van der Waals surface area contributed by atoms with Crippen molar-refractivity contribution in [2.24, 2.45) is 0 Å². The Morgan fingerprint density at radius 3 is 1.97 bits per heavy atom. The molecule has 5 aromatic carbocycles. The minimum atomic E-state index is -1.22. The predicted molar refractivity (Wildman–Crippen MR) is 230 cm³/mol. The summed E-state index contributed by atoms with van der Waals surface area (Å²) in [5.74, 6) is -1.57. The van der Waals surface area contributed by atoms with Gasteiger partial charge in [0.2, 0.25) is 5.91 Å². The first-order valence-electron chi connectivity index (χ1n) is 20.1. The van der Waals surface area contributed by atoms with Crippen LogP contribution in [-0.2, 0) is 29.6 Å². The summed E-state index contributed by atoms with van der Waals surface area (Å²) in [6.07, 6.45) is 0.566. The fraction of sp³-hybridized carbons (Fsp3) is 0.224. The number of thioether (sulfide) groups is 1. The van der Waals surface area contributed by atoms with Crippen LogP contribution >= 0.6 is 11.8 Å². The molecule has 11 nitrogen and oxygen atoms in total. The van der Waals surface area contributed by atoms with E-state index in [-0.39, 0.29) is 5.91 Å². The van der Waals surface area contributed by atoms with Gasteiger partial charge in [0.1, 0.15) is 17.0 Å². The summed E-state index contributed by atoms with van der Waals surface area (Å²) in [5, 5.41) is 3.85. The van der Waals surface area contributed by atoms with Crippen LogP contribution in [-0.4, -0.2) is 58.4 Å². The smallest absolute Gasteiger partial charge is 0.408 e. The molecule has 0 spiro atoms. The highest BCUT2D eigenvalue weighted by Gasteiger charge is 2.57. The predicted octanol–water partition coefficient (Wildman–Crippen LogP) is 8.42. The zero-order chi connectivity index (χ0) is 42.3. The lowest BCUT2D eigenvalue weighted by Gasteiger charge is -2.51.